The average Bonchev–Trinajstić information content (AvgIpc) is 2.09. The molecule has 1 rings (SSSR count). The number of hydrogen-bond acceptors (Lipinski definition) is 2. The van der Waals surface area contributed by atoms with E-state index in [2.05, 4.69) is 0 Å². The summed E-state index contributed by atoms with van der Waals surface area (Å²) in [6, 6.07) is 0. The molecule has 1 unspecified atom stereocenters. The molecule has 0 radical (unpaired) electrons. The molecule has 2 nitrogen and oxygen atoms in total. The third kappa shape index (κ3) is 2.86. The summed E-state index contributed by atoms with van der Waals surface area (Å²) in [7, 11) is 0. The van der Waals surface area contributed by atoms with Crippen LogP contribution in [0.15, 0.2) is 11.8 Å². The molecule has 0 aliphatic heterocycles. The maximum Gasteiger partial charge on any atom is 0.310 e. The normalized spacial score (nSPS) is 23.2. The predicted octanol–water partition coefficient (Wildman–Crippen LogP) is 2.61. The molecule has 0 N–H and O–H groups in total. The van der Waals surface area contributed by atoms with Gasteiger partial charge >= 0.3 is 5.97 Å². The van der Waals surface area contributed by atoms with Crippen molar-refractivity contribution in [3.8, 4) is 0 Å². The van der Waals surface area contributed by atoms with Gasteiger partial charge in [-0.05, 0) is 18.9 Å². The number of alkyl halides is 1. The fraction of sp³-hybridized carbons (Fsp3) is 0.667. The number of allylic oxidation sites excluding steroid dienone is 2. The molecular weight excluding hydrogens is 176 g/mol. The van der Waals surface area contributed by atoms with Gasteiger partial charge in [0.25, 0.3) is 0 Å². The molecule has 1 atom stereocenters. The minimum Gasteiger partial charge on any atom is -0.431 e. The van der Waals surface area contributed by atoms with E-state index in [1.807, 2.05) is 6.08 Å². The molecule has 0 heterocycles. The van der Waals surface area contributed by atoms with Gasteiger partial charge in [-0.3, -0.25) is 4.79 Å². The van der Waals surface area contributed by atoms with Gasteiger partial charge in [0.1, 0.15) is 5.76 Å². The zero-order valence-corrected chi connectivity index (χ0v) is 7.93. The molecule has 0 saturated heterocycles. The Morgan fingerprint density at radius 1 is 1.83 bits per heavy atom. The molecule has 1 aliphatic rings. The second kappa shape index (κ2) is 4.51. The van der Waals surface area contributed by atoms with Gasteiger partial charge < -0.3 is 4.74 Å². The maximum atomic E-state index is 10.9. The van der Waals surface area contributed by atoms with Gasteiger partial charge in [0, 0.05) is 18.2 Å². The van der Waals surface area contributed by atoms with E-state index in [0.717, 1.165) is 25.0 Å². The summed E-state index contributed by atoms with van der Waals surface area (Å²) in [4.78, 5) is 10.9. The molecule has 68 valence electrons. The molecule has 0 fully saturated rings. The van der Waals surface area contributed by atoms with E-state index in [1.165, 1.54) is 0 Å². The first kappa shape index (κ1) is 9.59. The highest BCUT2D eigenvalue weighted by molar-refractivity contribution is 6.20. The van der Waals surface area contributed by atoms with Crippen molar-refractivity contribution in [3.63, 3.8) is 0 Å². The van der Waals surface area contributed by atoms with Gasteiger partial charge in [0.15, 0.2) is 0 Å². The minimum absolute atomic E-state index is 0.158. The minimum atomic E-state index is -0.158. The summed E-state index contributed by atoms with van der Waals surface area (Å²) >= 11 is 5.87. The van der Waals surface area contributed by atoms with Crippen molar-refractivity contribution < 1.29 is 9.53 Å². The molecule has 3 heteroatoms. The lowest BCUT2D eigenvalue weighted by Crippen LogP contribution is -2.09. The van der Waals surface area contributed by atoms with Crippen LogP contribution in [0.3, 0.4) is 0 Å². The van der Waals surface area contributed by atoms with Crippen molar-refractivity contribution >= 4 is 17.6 Å². The van der Waals surface area contributed by atoms with E-state index in [1.54, 1.807) is 6.92 Å². The highest BCUT2D eigenvalue weighted by Crippen LogP contribution is 2.22. The van der Waals surface area contributed by atoms with Crippen LogP contribution in [0.5, 0.6) is 0 Å². The van der Waals surface area contributed by atoms with Crippen LogP contribution in [0.4, 0.5) is 0 Å². The first-order valence-electron chi connectivity index (χ1n) is 4.26. The Balaban J connectivity index is 2.38. The fourth-order valence-corrected chi connectivity index (χ4v) is 1.29. The quantitative estimate of drug-likeness (QED) is 0.492. The number of halogens is 1. The van der Waals surface area contributed by atoms with Crippen LogP contribution in [0.1, 0.15) is 32.6 Å². The molecule has 0 spiro atoms. The summed E-state index contributed by atoms with van der Waals surface area (Å²) < 4.78 is 5.05. The Labute approximate surface area is 77.5 Å². The van der Waals surface area contributed by atoms with Gasteiger partial charge in [-0.15, -0.1) is 11.6 Å². The predicted molar refractivity (Wildman–Crippen MR) is 48.0 cm³/mol. The van der Waals surface area contributed by atoms with Gasteiger partial charge in [0.05, 0.1) is 0 Å². The van der Waals surface area contributed by atoms with E-state index in [-0.39, 0.29) is 11.3 Å². The third-order valence-electron chi connectivity index (χ3n) is 1.84. The molecule has 0 amide bonds. The van der Waals surface area contributed by atoms with Crippen molar-refractivity contribution in [1.29, 1.82) is 0 Å². The molecule has 0 saturated carbocycles. The number of ether oxygens (including phenoxy) is 1. The van der Waals surface area contributed by atoms with Gasteiger partial charge in [0.2, 0.25) is 0 Å². The summed E-state index contributed by atoms with van der Waals surface area (Å²) in [6.07, 6.45) is 4.86. The third-order valence-corrected chi connectivity index (χ3v) is 2.24. The highest BCUT2D eigenvalue weighted by Gasteiger charge is 2.14. The van der Waals surface area contributed by atoms with E-state index in [0.29, 0.717) is 6.42 Å². The Kier molecular flexibility index (Phi) is 3.60. The number of hydrogen-bond donors (Lipinski definition) is 0. The molecule has 0 aromatic carbocycles. The monoisotopic (exact) mass is 188 g/mol. The number of esters is 1. The molecule has 0 bridgehead atoms. The van der Waals surface area contributed by atoms with Crippen molar-refractivity contribution in [2.24, 2.45) is 0 Å². The van der Waals surface area contributed by atoms with E-state index >= 15 is 0 Å². The summed E-state index contributed by atoms with van der Waals surface area (Å²) in [5.74, 6) is 0.632. The summed E-state index contributed by atoms with van der Waals surface area (Å²) in [5, 5.41) is 0.217. The Bertz CT molecular complexity index is 199. The first-order chi connectivity index (χ1) is 5.72. The van der Waals surface area contributed by atoms with Crippen LogP contribution in [0.25, 0.3) is 0 Å². The first-order valence-corrected chi connectivity index (χ1v) is 4.69. The Morgan fingerprint density at radius 3 is 3.08 bits per heavy atom. The van der Waals surface area contributed by atoms with Crippen LogP contribution in [-0.4, -0.2) is 11.3 Å². The lowest BCUT2D eigenvalue weighted by molar-refractivity contribution is -0.139. The van der Waals surface area contributed by atoms with Crippen molar-refractivity contribution in [1.82, 2.24) is 0 Å². The molecular formula is C9H13ClO2. The van der Waals surface area contributed by atoms with Crippen LogP contribution >= 0.6 is 11.6 Å². The standard InChI is InChI=1S/C9H13ClO2/c1-2-9(11)12-8-5-3-7(10)4-6-8/h5,7H,2-4,6H2,1H3. The number of carbonyl (C=O) groups excluding carboxylic acids is 1. The van der Waals surface area contributed by atoms with Crippen molar-refractivity contribution in [2.45, 2.75) is 38.0 Å². The van der Waals surface area contributed by atoms with Crippen LogP contribution in [0, 0.1) is 0 Å². The van der Waals surface area contributed by atoms with E-state index in [4.69, 9.17) is 16.3 Å². The zero-order valence-electron chi connectivity index (χ0n) is 7.18. The summed E-state index contributed by atoms with van der Waals surface area (Å²) in [6.45, 7) is 1.79. The molecule has 0 aromatic heterocycles. The fourth-order valence-electron chi connectivity index (χ4n) is 1.09. The average molecular weight is 189 g/mol. The highest BCUT2D eigenvalue weighted by atomic mass is 35.5. The number of carbonyl (C=O) groups is 1. The lowest BCUT2D eigenvalue weighted by atomic mass is 10.1. The van der Waals surface area contributed by atoms with Gasteiger partial charge in [-0.2, -0.15) is 0 Å². The maximum absolute atomic E-state index is 10.9. The van der Waals surface area contributed by atoms with E-state index < -0.39 is 0 Å². The largest absolute Gasteiger partial charge is 0.431 e. The topological polar surface area (TPSA) is 26.3 Å². The van der Waals surface area contributed by atoms with Crippen molar-refractivity contribution in [3.05, 3.63) is 11.8 Å². The molecule has 12 heavy (non-hydrogen) atoms. The second-order valence-corrected chi connectivity index (χ2v) is 3.49. The number of rotatable bonds is 2. The van der Waals surface area contributed by atoms with Crippen LogP contribution in [-0.2, 0) is 9.53 Å². The lowest BCUT2D eigenvalue weighted by Gasteiger charge is -2.15. The van der Waals surface area contributed by atoms with Crippen LogP contribution in [0.2, 0.25) is 0 Å². The zero-order chi connectivity index (χ0) is 8.97. The van der Waals surface area contributed by atoms with Crippen LogP contribution < -0.4 is 0 Å². The van der Waals surface area contributed by atoms with Gasteiger partial charge in [-0.25, -0.2) is 0 Å². The van der Waals surface area contributed by atoms with Crippen molar-refractivity contribution in [2.75, 3.05) is 0 Å². The van der Waals surface area contributed by atoms with E-state index in [9.17, 15) is 4.79 Å². The Hall–Kier alpha value is -0.500. The molecule has 1 aliphatic carbocycles. The smallest absolute Gasteiger partial charge is 0.310 e. The SMILES string of the molecule is CCC(=O)OC1=CCC(Cl)CC1. The summed E-state index contributed by atoms with van der Waals surface area (Å²) in [5.41, 5.74) is 0. The molecule has 0 aromatic rings. The Morgan fingerprint density at radius 2 is 2.58 bits per heavy atom. The van der Waals surface area contributed by atoms with Gasteiger partial charge in [-0.1, -0.05) is 6.92 Å². The second-order valence-electron chi connectivity index (χ2n) is 2.87.